The Bertz CT molecular complexity index is 868. The zero-order chi connectivity index (χ0) is 20.0. The number of hydrogen-bond acceptors (Lipinski definition) is 4. The van der Waals surface area contributed by atoms with Gasteiger partial charge in [-0.25, -0.2) is 8.42 Å². The van der Waals surface area contributed by atoms with Gasteiger partial charge in [-0.3, -0.25) is 9.10 Å². The van der Waals surface area contributed by atoms with Crippen LogP contribution in [0.1, 0.15) is 25.5 Å². The number of nitrogens with zero attached hydrogens (tertiary/aromatic N) is 1. The third-order valence-corrected chi connectivity index (χ3v) is 5.73. The number of halogens is 1. The predicted molar refractivity (Wildman–Crippen MR) is 116 cm³/mol. The molecule has 0 fully saturated rings. The molecule has 0 unspecified atom stereocenters. The van der Waals surface area contributed by atoms with Crippen molar-refractivity contribution >= 4 is 44.2 Å². The van der Waals surface area contributed by atoms with Crippen LogP contribution in [0, 0.1) is 3.57 Å². The summed E-state index contributed by atoms with van der Waals surface area (Å²) < 4.78 is 31.8. The number of sulfonamides is 1. The smallest absolute Gasteiger partial charge is 0.241 e. The molecule has 1 amide bonds. The molecule has 27 heavy (non-hydrogen) atoms. The molecule has 2 rings (SSSR count). The standard InChI is InChI=1S/C19H23IN2O4S/c1-4-26-18-11-5-15(6-12-18)14(2)21-19(23)13-22(27(3,24)25)17-9-7-16(20)8-10-17/h5-12,14H,4,13H2,1-3H3,(H,21,23)/t14-/m0/s1. The summed E-state index contributed by atoms with van der Waals surface area (Å²) in [5.41, 5.74) is 1.37. The van der Waals surface area contributed by atoms with E-state index in [2.05, 4.69) is 27.9 Å². The average Bonchev–Trinajstić information content (AvgIpc) is 2.60. The lowest BCUT2D eigenvalue weighted by atomic mass is 10.1. The Morgan fingerprint density at radius 3 is 2.26 bits per heavy atom. The number of amides is 1. The van der Waals surface area contributed by atoms with E-state index in [1.54, 1.807) is 24.3 Å². The first-order chi connectivity index (χ1) is 12.7. The molecule has 1 N–H and O–H groups in total. The fourth-order valence-corrected chi connectivity index (χ4v) is 3.74. The van der Waals surface area contributed by atoms with Crippen molar-refractivity contribution in [2.75, 3.05) is 23.7 Å². The first-order valence-electron chi connectivity index (χ1n) is 8.46. The lowest BCUT2D eigenvalue weighted by molar-refractivity contribution is -0.120. The zero-order valence-corrected chi connectivity index (χ0v) is 18.5. The topological polar surface area (TPSA) is 75.7 Å². The number of nitrogens with one attached hydrogen (secondary N) is 1. The van der Waals surface area contributed by atoms with E-state index in [-0.39, 0.29) is 18.5 Å². The monoisotopic (exact) mass is 502 g/mol. The van der Waals surface area contributed by atoms with Crippen LogP contribution in [0.15, 0.2) is 48.5 Å². The molecule has 0 aliphatic heterocycles. The maximum absolute atomic E-state index is 12.5. The fourth-order valence-electron chi connectivity index (χ4n) is 2.53. The largest absolute Gasteiger partial charge is 0.494 e. The molecular weight excluding hydrogens is 479 g/mol. The van der Waals surface area contributed by atoms with Crippen LogP contribution < -0.4 is 14.4 Å². The van der Waals surface area contributed by atoms with Gasteiger partial charge in [0.25, 0.3) is 0 Å². The van der Waals surface area contributed by atoms with Gasteiger partial charge in [-0.2, -0.15) is 0 Å². The number of hydrogen-bond donors (Lipinski definition) is 1. The van der Waals surface area contributed by atoms with Crippen LogP contribution in [0.2, 0.25) is 0 Å². The molecular formula is C19H23IN2O4S. The molecule has 0 heterocycles. The van der Waals surface area contributed by atoms with Crippen LogP contribution in [-0.4, -0.2) is 33.7 Å². The number of anilines is 1. The van der Waals surface area contributed by atoms with Crippen molar-refractivity contribution in [3.05, 3.63) is 57.7 Å². The van der Waals surface area contributed by atoms with E-state index >= 15 is 0 Å². The maximum atomic E-state index is 12.5. The van der Waals surface area contributed by atoms with Crippen LogP contribution in [0.3, 0.4) is 0 Å². The van der Waals surface area contributed by atoms with Crippen molar-refractivity contribution in [1.29, 1.82) is 0 Å². The lowest BCUT2D eigenvalue weighted by Crippen LogP contribution is -2.41. The third kappa shape index (κ3) is 6.39. The molecule has 0 aliphatic carbocycles. The molecule has 0 aliphatic rings. The predicted octanol–water partition coefficient (Wildman–Crippen LogP) is 3.33. The Morgan fingerprint density at radius 2 is 1.74 bits per heavy atom. The van der Waals surface area contributed by atoms with Gasteiger partial charge in [0.15, 0.2) is 0 Å². The summed E-state index contributed by atoms with van der Waals surface area (Å²) in [6.07, 6.45) is 1.09. The SMILES string of the molecule is CCOc1ccc([C@H](C)NC(=O)CN(c2ccc(I)cc2)S(C)(=O)=O)cc1. The minimum absolute atomic E-state index is 0.258. The molecule has 2 aromatic rings. The average molecular weight is 502 g/mol. The highest BCUT2D eigenvalue weighted by Gasteiger charge is 2.21. The van der Waals surface area contributed by atoms with Gasteiger partial charge in [0, 0.05) is 3.57 Å². The number of ether oxygens (including phenoxy) is 1. The van der Waals surface area contributed by atoms with Gasteiger partial charge in [-0.1, -0.05) is 12.1 Å². The van der Waals surface area contributed by atoms with Crippen LogP contribution >= 0.6 is 22.6 Å². The van der Waals surface area contributed by atoms with Crippen molar-refractivity contribution in [3.8, 4) is 5.75 Å². The molecule has 6 nitrogen and oxygen atoms in total. The van der Waals surface area contributed by atoms with Crippen molar-refractivity contribution < 1.29 is 17.9 Å². The Labute approximate surface area is 174 Å². The summed E-state index contributed by atoms with van der Waals surface area (Å²) in [6.45, 7) is 4.08. The molecule has 0 spiro atoms. The molecule has 0 radical (unpaired) electrons. The Hall–Kier alpha value is -1.81. The maximum Gasteiger partial charge on any atom is 0.241 e. The third-order valence-electron chi connectivity index (χ3n) is 3.87. The fraction of sp³-hybridized carbons (Fsp3) is 0.316. The van der Waals surface area contributed by atoms with Gasteiger partial charge in [0.05, 0.1) is 24.6 Å². The summed E-state index contributed by atoms with van der Waals surface area (Å²) in [5, 5.41) is 2.84. The highest BCUT2D eigenvalue weighted by atomic mass is 127. The quantitative estimate of drug-likeness (QED) is 0.562. The number of rotatable bonds is 8. The highest BCUT2D eigenvalue weighted by Crippen LogP contribution is 2.20. The summed E-state index contributed by atoms with van der Waals surface area (Å²) in [5.74, 6) is 0.391. The van der Waals surface area contributed by atoms with Crippen molar-refractivity contribution in [2.24, 2.45) is 0 Å². The molecule has 146 valence electrons. The highest BCUT2D eigenvalue weighted by molar-refractivity contribution is 14.1. The summed E-state index contributed by atoms with van der Waals surface area (Å²) >= 11 is 2.14. The number of benzene rings is 2. The second-order valence-electron chi connectivity index (χ2n) is 6.04. The Kier molecular flexibility index (Phi) is 7.49. The molecule has 0 bridgehead atoms. The Balaban J connectivity index is 2.07. The molecule has 0 saturated heterocycles. The van der Waals surface area contributed by atoms with Gasteiger partial charge in [0.1, 0.15) is 12.3 Å². The summed E-state index contributed by atoms with van der Waals surface area (Å²) in [4.78, 5) is 12.5. The van der Waals surface area contributed by atoms with Crippen LogP contribution in [0.4, 0.5) is 5.69 Å². The second-order valence-corrected chi connectivity index (χ2v) is 9.19. The van der Waals surface area contributed by atoms with E-state index in [0.29, 0.717) is 12.3 Å². The molecule has 8 heteroatoms. The van der Waals surface area contributed by atoms with Crippen molar-refractivity contribution in [2.45, 2.75) is 19.9 Å². The van der Waals surface area contributed by atoms with Gasteiger partial charge in [0.2, 0.25) is 15.9 Å². The van der Waals surface area contributed by atoms with E-state index in [4.69, 9.17) is 4.74 Å². The van der Waals surface area contributed by atoms with E-state index in [9.17, 15) is 13.2 Å². The van der Waals surface area contributed by atoms with Crippen LogP contribution in [-0.2, 0) is 14.8 Å². The number of carbonyl (C=O) groups is 1. The normalized spacial score (nSPS) is 12.3. The van der Waals surface area contributed by atoms with E-state index in [1.165, 1.54) is 0 Å². The first-order valence-corrected chi connectivity index (χ1v) is 11.4. The van der Waals surface area contributed by atoms with Gasteiger partial charge in [-0.15, -0.1) is 0 Å². The molecule has 0 saturated carbocycles. The number of carbonyl (C=O) groups excluding carboxylic acids is 1. The van der Waals surface area contributed by atoms with Crippen LogP contribution in [0.5, 0.6) is 5.75 Å². The van der Waals surface area contributed by atoms with E-state index in [0.717, 1.165) is 25.4 Å². The minimum atomic E-state index is -3.58. The van der Waals surface area contributed by atoms with Crippen molar-refractivity contribution in [1.82, 2.24) is 5.32 Å². The van der Waals surface area contributed by atoms with E-state index < -0.39 is 10.0 Å². The van der Waals surface area contributed by atoms with Crippen molar-refractivity contribution in [3.63, 3.8) is 0 Å². The lowest BCUT2D eigenvalue weighted by Gasteiger charge is -2.23. The molecule has 2 aromatic carbocycles. The van der Waals surface area contributed by atoms with Crippen LogP contribution in [0.25, 0.3) is 0 Å². The van der Waals surface area contributed by atoms with Gasteiger partial charge >= 0.3 is 0 Å². The zero-order valence-electron chi connectivity index (χ0n) is 15.5. The minimum Gasteiger partial charge on any atom is -0.494 e. The van der Waals surface area contributed by atoms with Gasteiger partial charge < -0.3 is 10.1 Å². The Morgan fingerprint density at radius 1 is 1.15 bits per heavy atom. The molecule has 1 atom stereocenters. The summed E-state index contributed by atoms with van der Waals surface area (Å²) in [6, 6.07) is 14.2. The van der Waals surface area contributed by atoms with E-state index in [1.807, 2.05) is 38.1 Å². The molecule has 0 aromatic heterocycles. The second kappa shape index (κ2) is 9.41. The first kappa shape index (κ1) is 21.5. The van der Waals surface area contributed by atoms with Gasteiger partial charge in [-0.05, 0) is 78.4 Å². The summed E-state index contributed by atoms with van der Waals surface area (Å²) in [7, 11) is -3.58.